The van der Waals surface area contributed by atoms with Gasteiger partial charge < -0.3 is 24.4 Å². The molecule has 0 bridgehead atoms. The van der Waals surface area contributed by atoms with Crippen LogP contribution in [0.15, 0.2) is 36.4 Å². The Bertz CT molecular complexity index is 1120. The molecule has 0 amide bonds. The predicted octanol–water partition coefficient (Wildman–Crippen LogP) is 7.62. The quantitative estimate of drug-likeness (QED) is 0.102. The van der Waals surface area contributed by atoms with Crippen molar-refractivity contribution in [3.8, 4) is 22.6 Å². The number of unbranched alkanes of at least 4 members (excludes halogenated alkanes) is 7. The van der Waals surface area contributed by atoms with E-state index in [0.717, 1.165) is 36.0 Å². The van der Waals surface area contributed by atoms with Crippen molar-refractivity contribution in [3.05, 3.63) is 58.9 Å². The van der Waals surface area contributed by atoms with Gasteiger partial charge in [-0.25, -0.2) is 9.18 Å². The SMILES string of the molecule is C=C(C)C(=O)OCc1cc(-c2cc(C)c(OCC(C)(CO)CO)c(C)c2)cc(F)c1OCCCCCCCCCC. The molecule has 0 heterocycles. The third kappa shape index (κ3) is 10.8. The lowest BCUT2D eigenvalue weighted by Gasteiger charge is -2.26. The number of benzene rings is 2. The normalized spacial score (nSPS) is 11.4. The highest BCUT2D eigenvalue weighted by Gasteiger charge is 2.24. The van der Waals surface area contributed by atoms with Gasteiger partial charge in [-0.2, -0.15) is 0 Å². The first-order chi connectivity index (χ1) is 19.5. The number of rotatable bonds is 19. The van der Waals surface area contributed by atoms with Crippen molar-refractivity contribution in [1.82, 2.24) is 0 Å². The van der Waals surface area contributed by atoms with Crippen LogP contribution < -0.4 is 9.47 Å². The molecule has 228 valence electrons. The molecule has 0 saturated heterocycles. The molecular weight excluding hydrogens is 523 g/mol. The van der Waals surface area contributed by atoms with Crippen LogP contribution in [0.25, 0.3) is 11.1 Å². The van der Waals surface area contributed by atoms with Crippen LogP contribution in [-0.4, -0.2) is 42.6 Å². The van der Waals surface area contributed by atoms with Gasteiger partial charge in [0.15, 0.2) is 11.6 Å². The molecule has 0 aliphatic heterocycles. The molecule has 7 heteroatoms. The van der Waals surface area contributed by atoms with Crippen molar-refractivity contribution in [1.29, 1.82) is 0 Å². The van der Waals surface area contributed by atoms with Gasteiger partial charge in [-0.15, -0.1) is 0 Å². The van der Waals surface area contributed by atoms with Gasteiger partial charge in [0.2, 0.25) is 0 Å². The average molecular weight is 573 g/mol. The molecule has 0 aliphatic carbocycles. The number of aryl methyl sites for hydroxylation is 2. The number of aliphatic hydroxyl groups is 2. The van der Waals surface area contributed by atoms with E-state index in [-0.39, 0.29) is 37.8 Å². The lowest BCUT2D eigenvalue weighted by molar-refractivity contribution is -0.140. The summed E-state index contributed by atoms with van der Waals surface area (Å²) in [5, 5.41) is 19.2. The first-order valence-corrected chi connectivity index (χ1v) is 14.8. The Labute approximate surface area is 245 Å². The van der Waals surface area contributed by atoms with Crippen LogP contribution in [0.3, 0.4) is 0 Å². The second kappa shape index (κ2) is 17.1. The Hall–Kier alpha value is -2.90. The maximum Gasteiger partial charge on any atom is 0.333 e. The summed E-state index contributed by atoms with van der Waals surface area (Å²) >= 11 is 0. The maximum absolute atomic E-state index is 15.5. The van der Waals surface area contributed by atoms with Crippen LogP contribution in [0.2, 0.25) is 0 Å². The fraction of sp³-hybridized carbons (Fsp3) is 0.559. The molecule has 2 aromatic rings. The summed E-state index contributed by atoms with van der Waals surface area (Å²) in [6.45, 7) is 12.9. The van der Waals surface area contributed by atoms with Crippen molar-refractivity contribution >= 4 is 5.97 Å². The topological polar surface area (TPSA) is 85.2 Å². The van der Waals surface area contributed by atoms with E-state index in [1.165, 1.54) is 38.2 Å². The molecule has 0 unspecified atom stereocenters. The van der Waals surface area contributed by atoms with Crippen molar-refractivity contribution < 1.29 is 33.6 Å². The zero-order valence-corrected chi connectivity index (χ0v) is 25.6. The van der Waals surface area contributed by atoms with E-state index >= 15 is 4.39 Å². The summed E-state index contributed by atoms with van der Waals surface area (Å²) in [6, 6.07) is 7.03. The highest BCUT2D eigenvalue weighted by Crippen LogP contribution is 2.35. The molecule has 6 nitrogen and oxygen atoms in total. The minimum Gasteiger partial charge on any atom is -0.492 e. The molecule has 2 rings (SSSR count). The summed E-state index contributed by atoms with van der Waals surface area (Å²) in [7, 11) is 0. The number of carbonyl (C=O) groups excluding carboxylic acids is 1. The standard InChI is InChI=1S/C34H49FO6/c1-7-8-9-10-11-12-13-14-15-39-32-29(20-40-33(38)24(2)3)18-28(19-30(32)35)27-16-25(4)31(26(5)17-27)41-23-34(6,21-36)22-37/h16-19,36-37H,2,7-15,20-23H2,1,3-6H3. The van der Waals surface area contributed by atoms with Crippen molar-refractivity contribution in [3.63, 3.8) is 0 Å². The molecule has 0 aliphatic rings. The minimum absolute atomic E-state index is 0.104. The molecule has 2 N–H and O–H groups in total. The van der Waals surface area contributed by atoms with Gasteiger partial charge in [0.25, 0.3) is 0 Å². The zero-order valence-electron chi connectivity index (χ0n) is 25.6. The predicted molar refractivity (Wildman–Crippen MR) is 162 cm³/mol. The third-order valence-corrected chi connectivity index (χ3v) is 7.19. The van der Waals surface area contributed by atoms with Crippen LogP contribution in [-0.2, 0) is 16.1 Å². The molecule has 41 heavy (non-hydrogen) atoms. The summed E-state index contributed by atoms with van der Waals surface area (Å²) in [6.07, 6.45) is 9.23. The summed E-state index contributed by atoms with van der Waals surface area (Å²) in [5.41, 5.74) is 3.03. The Morgan fingerprint density at radius 2 is 1.44 bits per heavy atom. The van der Waals surface area contributed by atoms with Gasteiger partial charge in [0.1, 0.15) is 12.4 Å². The van der Waals surface area contributed by atoms with Gasteiger partial charge >= 0.3 is 5.97 Å². The van der Waals surface area contributed by atoms with Gasteiger partial charge in [0.05, 0.1) is 26.4 Å². The lowest BCUT2D eigenvalue weighted by atomic mass is 9.94. The first kappa shape index (κ1) is 34.3. The van der Waals surface area contributed by atoms with Gasteiger partial charge in [-0.3, -0.25) is 0 Å². The average Bonchev–Trinajstić information content (AvgIpc) is 2.94. The second-order valence-corrected chi connectivity index (χ2v) is 11.5. The largest absolute Gasteiger partial charge is 0.492 e. The van der Waals surface area contributed by atoms with Crippen LogP contribution in [0.5, 0.6) is 11.5 Å². The van der Waals surface area contributed by atoms with Crippen LogP contribution in [0.1, 0.15) is 88.8 Å². The molecule has 0 aromatic heterocycles. The Kier molecular flexibility index (Phi) is 14.3. The van der Waals surface area contributed by atoms with E-state index in [0.29, 0.717) is 23.5 Å². The number of hydrogen-bond donors (Lipinski definition) is 2. The third-order valence-electron chi connectivity index (χ3n) is 7.19. The van der Waals surface area contributed by atoms with Crippen molar-refractivity contribution in [2.24, 2.45) is 5.41 Å². The highest BCUT2D eigenvalue weighted by atomic mass is 19.1. The van der Waals surface area contributed by atoms with Gasteiger partial charge in [0, 0.05) is 16.6 Å². The van der Waals surface area contributed by atoms with Crippen LogP contribution >= 0.6 is 0 Å². The first-order valence-electron chi connectivity index (χ1n) is 14.8. The summed E-state index contributed by atoms with van der Waals surface area (Å²) in [4.78, 5) is 12.1. The molecule has 2 aromatic carbocycles. The van der Waals surface area contributed by atoms with E-state index in [2.05, 4.69) is 13.5 Å². The van der Waals surface area contributed by atoms with E-state index in [1.54, 1.807) is 19.9 Å². The lowest BCUT2D eigenvalue weighted by Crippen LogP contribution is -2.33. The molecule has 0 spiro atoms. The number of hydrogen-bond acceptors (Lipinski definition) is 6. The molecule has 0 fully saturated rings. The number of carbonyl (C=O) groups is 1. The molecule has 0 radical (unpaired) electrons. The highest BCUT2D eigenvalue weighted by molar-refractivity contribution is 5.87. The Balaban J connectivity index is 2.22. The van der Waals surface area contributed by atoms with Gasteiger partial charge in [-0.1, -0.05) is 65.4 Å². The Morgan fingerprint density at radius 3 is 2.00 bits per heavy atom. The summed E-state index contributed by atoms with van der Waals surface area (Å²) < 4.78 is 32.7. The van der Waals surface area contributed by atoms with E-state index in [9.17, 15) is 15.0 Å². The monoisotopic (exact) mass is 572 g/mol. The fourth-order valence-corrected chi connectivity index (χ4v) is 4.49. The number of aliphatic hydroxyl groups excluding tert-OH is 2. The smallest absolute Gasteiger partial charge is 0.333 e. The minimum atomic E-state index is -0.763. The van der Waals surface area contributed by atoms with Crippen molar-refractivity contribution in [2.45, 2.75) is 92.6 Å². The van der Waals surface area contributed by atoms with Crippen LogP contribution in [0, 0.1) is 25.1 Å². The van der Waals surface area contributed by atoms with Crippen molar-refractivity contribution in [2.75, 3.05) is 26.4 Å². The molecule has 0 saturated carbocycles. The fourth-order valence-electron chi connectivity index (χ4n) is 4.49. The number of ether oxygens (including phenoxy) is 3. The van der Waals surface area contributed by atoms with E-state index in [1.807, 2.05) is 26.0 Å². The maximum atomic E-state index is 15.5. The Morgan fingerprint density at radius 1 is 0.878 bits per heavy atom. The van der Waals surface area contributed by atoms with Gasteiger partial charge in [-0.05, 0) is 73.7 Å². The molecule has 0 atom stereocenters. The summed E-state index contributed by atoms with van der Waals surface area (Å²) in [5.74, 6) is -0.299. The zero-order chi connectivity index (χ0) is 30.4. The second-order valence-electron chi connectivity index (χ2n) is 11.5. The van der Waals surface area contributed by atoms with Crippen LogP contribution in [0.4, 0.5) is 4.39 Å². The number of halogens is 1. The number of esters is 1. The van der Waals surface area contributed by atoms with E-state index < -0.39 is 17.2 Å². The molecular formula is C34H49FO6. The van der Waals surface area contributed by atoms with E-state index in [4.69, 9.17) is 14.2 Å².